The highest BCUT2D eigenvalue weighted by Crippen LogP contribution is 2.50. The van der Waals surface area contributed by atoms with Crippen molar-refractivity contribution in [2.75, 3.05) is 0 Å². The Hall–Kier alpha value is -9.84. The van der Waals surface area contributed by atoms with Crippen LogP contribution in [0.4, 0.5) is 0 Å². The standard InChI is InChI=1S/C68H38N2O3/c1-3-15-41(16-4-1)69-57-23-11-7-19-43(57)51-33-55-49(35-59(51)69)47(39-27-29-63-53(31-39)45-21-9-13-25-61(45)71-63)37-65-67(55)68-56-34-52-44-20-8-12-24-58(44)70(42-17-5-2-6-18-42)60(52)36-50(56)48(38-66(68)73-65)40-28-30-64-54(32-40)46-22-10-14-26-62(46)72-64/h1-38H. The van der Waals surface area contributed by atoms with E-state index in [2.05, 4.69) is 215 Å². The third kappa shape index (κ3) is 5.40. The Bertz CT molecular complexity index is 4870. The van der Waals surface area contributed by atoms with E-state index in [-0.39, 0.29) is 0 Å². The predicted octanol–water partition coefficient (Wildman–Crippen LogP) is 19.2. The van der Waals surface area contributed by atoms with Crippen molar-refractivity contribution in [1.82, 2.24) is 9.13 Å². The molecular weight excluding hydrogens is 893 g/mol. The van der Waals surface area contributed by atoms with Crippen molar-refractivity contribution in [3.05, 3.63) is 231 Å². The number of hydrogen-bond donors (Lipinski definition) is 0. The molecule has 5 aromatic heterocycles. The fourth-order valence-electron chi connectivity index (χ4n) is 12.5. The lowest BCUT2D eigenvalue weighted by molar-refractivity contribution is 0.668. The van der Waals surface area contributed by atoms with E-state index in [1.807, 2.05) is 24.3 Å². The van der Waals surface area contributed by atoms with E-state index >= 15 is 0 Å². The molecule has 12 aromatic carbocycles. The van der Waals surface area contributed by atoms with Gasteiger partial charge in [-0.2, -0.15) is 0 Å². The number of hydrogen-bond acceptors (Lipinski definition) is 3. The summed E-state index contributed by atoms with van der Waals surface area (Å²) in [6.45, 7) is 0. The predicted molar refractivity (Wildman–Crippen MR) is 303 cm³/mol. The topological polar surface area (TPSA) is 49.3 Å². The quantitative estimate of drug-likeness (QED) is 0.177. The second-order valence-electron chi connectivity index (χ2n) is 19.5. The molecule has 0 aliphatic rings. The zero-order valence-corrected chi connectivity index (χ0v) is 39.1. The van der Waals surface area contributed by atoms with E-state index in [4.69, 9.17) is 13.3 Å². The SMILES string of the molecule is c1ccc(-n2c3ccccc3c3cc4c(cc32)c(-c2ccc3oc5ccccc5c3c2)cc2oc3cc(-c5ccc6oc7ccccc7c6c5)c5cc6c(cc5c3c24)c2ccccc2n6-c2ccccc2)cc1. The van der Waals surface area contributed by atoms with Gasteiger partial charge in [-0.3, -0.25) is 0 Å². The van der Waals surface area contributed by atoms with Crippen LogP contribution >= 0.6 is 0 Å². The molecule has 17 aromatic rings. The van der Waals surface area contributed by atoms with Crippen LogP contribution in [0.15, 0.2) is 244 Å². The monoisotopic (exact) mass is 930 g/mol. The average molecular weight is 931 g/mol. The van der Waals surface area contributed by atoms with E-state index in [1.165, 1.54) is 21.5 Å². The highest BCUT2D eigenvalue weighted by molar-refractivity contribution is 6.33. The van der Waals surface area contributed by atoms with Gasteiger partial charge in [-0.05, 0) is 153 Å². The lowest BCUT2D eigenvalue weighted by atomic mass is 9.90. The van der Waals surface area contributed by atoms with E-state index in [9.17, 15) is 0 Å². The third-order valence-corrected chi connectivity index (χ3v) is 15.7. The normalized spacial score (nSPS) is 12.4. The Morgan fingerprint density at radius 1 is 0.219 bits per heavy atom. The van der Waals surface area contributed by atoms with Gasteiger partial charge in [0.15, 0.2) is 0 Å². The summed E-state index contributed by atoms with van der Waals surface area (Å²) < 4.78 is 25.0. The van der Waals surface area contributed by atoms with Gasteiger partial charge in [0.2, 0.25) is 0 Å². The lowest BCUT2D eigenvalue weighted by Crippen LogP contribution is -1.93. The second kappa shape index (κ2) is 14.4. The van der Waals surface area contributed by atoms with Crippen molar-refractivity contribution in [2.24, 2.45) is 0 Å². The van der Waals surface area contributed by atoms with Crippen molar-refractivity contribution in [3.8, 4) is 33.6 Å². The Balaban J connectivity index is 1.05. The van der Waals surface area contributed by atoms with Gasteiger partial charge in [0.25, 0.3) is 0 Å². The number of furan rings is 3. The highest BCUT2D eigenvalue weighted by atomic mass is 16.3. The van der Waals surface area contributed by atoms with Crippen LogP contribution in [-0.2, 0) is 0 Å². The van der Waals surface area contributed by atoms with Crippen LogP contribution in [0.3, 0.4) is 0 Å². The highest BCUT2D eigenvalue weighted by Gasteiger charge is 2.25. The maximum atomic E-state index is 7.38. The van der Waals surface area contributed by atoms with E-state index < -0.39 is 0 Å². The first kappa shape index (κ1) is 38.9. The molecule has 0 N–H and O–H groups in total. The maximum absolute atomic E-state index is 7.38. The van der Waals surface area contributed by atoms with Gasteiger partial charge in [-0.15, -0.1) is 0 Å². The van der Waals surface area contributed by atoms with Crippen molar-refractivity contribution >= 4 is 131 Å². The molecule has 0 saturated carbocycles. The number of aromatic nitrogens is 2. The Kier molecular flexibility index (Phi) is 7.67. The third-order valence-electron chi connectivity index (χ3n) is 15.7. The Morgan fingerprint density at radius 3 is 1.07 bits per heavy atom. The Labute approximate surface area is 415 Å². The largest absolute Gasteiger partial charge is 0.456 e. The number of nitrogens with zero attached hydrogens (tertiary/aromatic N) is 2. The molecule has 0 spiro atoms. The molecule has 338 valence electrons. The molecular formula is C68H38N2O3. The van der Waals surface area contributed by atoms with Crippen LogP contribution in [0.2, 0.25) is 0 Å². The molecule has 0 atom stereocenters. The first-order valence-electron chi connectivity index (χ1n) is 24.9. The molecule has 0 aliphatic carbocycles. The van der Waals surface area contributed by atoms with Crippen molar-refractivity contribution in [2.45, 2.75) is 0 Å². The van der Waals surface area contributed by atoms with Gasteiger partial charge in [0, 0.05) is 65.2 Å². The zero-order chi connectivity index (χ0) is 47.5. The lowest BCUT2D eigenvalue weighted by Gasteiger charge is -2.13. The van der Waals surface area contributed by atoms with Crippen molar-refractivity contribution in [1.29, 1.82) is 0 Å². The molecule has 0 bridgehead atoms. The summed E-state index contributed by atoms with van der Waals surface area (Å²) in [4.78, 5) is 0. The summed E-state index contributed by atoms with van der Waals surface area (Å²) in [7, 11) is 0. The molecule has 0 fully saturated rings. The van der Waals surface area contributed by atoms with Gasteiger partial charge < -0.3 is 22.4 Å². The van der Waals surface area contributed by atoms with Crippen molar-refractivity contribution in [3.63, 3.8) is 0 Å². The second-order valence-corrected chi connectivity index (χ2v) is 19.5. The molecule has 0 aliphatic heterocycles. The molecule has 5 heteroatoms. The van der Waals surface area contributed by atoms with Gasteiger partial charge in [0.1, 0.15) is 33.5 Å². The molecule has 17 rings (SSSR count). The smallest absolute Gasteiger partial charge is 0.136 e. The van der Waals surface area contributed by atoms with Gasteiger partial charge in [-0.25, -0.2) is 0 Å². The van der Waals surface area contributed by atoms with Crippen LogP contribution < -0.4 is 0 Å². The first-order chi connectivity index (χ1) is 36.2. The molecule has 5 nitrogen and oxygen atoms in total. The molecule has 73 heavy (non-hydrogen) atoms. The molecule has 5 heterocycles. The Morgan fingerprint density at radius 2 is 0.603 bits per heavy atom. The number of fused-ring (bicyclic) bond motifs is 19. The van der Waals surface area contributed by atoms with Crippen LogP contribution in [-0.4, -0.2) is 9.13 Å². The fourth-order valence-corrected chi connectivity index (χ4v) is 12.5. The summed E-state index contributed by atoms with van der Waals surface area (Å²) >= 11 is 0. The minimum Gasteiger partial charge on any atom is -0.456 e. The number of rotatable bonds is 4. The fraction of sp³-hybridized carbons (Fsp3) is 0. The molecule has 0 amide bonds. The van der Waals surface area contributed by atoms with Crippen molar-refractivity contribution < 1.29 is 13.3 Å². The number of benzene rings is 12. The maximum Gasteiger partial charge on any atom is 0.136 e. The molecule has 0 unspecified atom stereocenters. The number of para-hydroxylation sites is 6. The van der Waals surface area contributed by atoms with E-state index in [1.54, 1.807) is 0 Å². The minimum atomic E-state index is 0.835. The van der Waals surface area contributed by atoms with Gasteiger partial charge in [0.05, 0.1) is 22.1 Å². The van der Waals surface area contributed by atoms with Crippen LogP contribution in [0.1, 0.15) is 0 Å². The molecule has 0 saturated heterocycles. The summed E-state index contributed by atoms with van der Waals surface area (Å²) in [6.07, 6.45) is 0. The van der Waals surface area contributed by atoms with E-state index in [0.717, 1.165) is 143 Å². The summed E-state index contributed by atoms with van der Waals surface area (Å²) in [5.41, 5.74) is 16.4. The average Bonchev–Trinajstić information content (AvgIpc) is 4.26. The van der Waals surface area contributed by atoms with Crippen LogP contribution in [0.5, 0.6) is 0 Å². The molecule has 0 radical (unpaired) electrons. The summed E-state index contributed by atoms with van der Waals surface area (Å²) in [5.74, 6) is 0. The minimum absolute atomic E-state index is 0.835. The van der Waals surface area contributed by atoms with Crippen LogP contribution in [0.25, 0.3) is 165 Å². The van der Waals surface area contributed by atoms with Crippen LogP contribution in [0, 0.1) is 0 Å². The summed E-state index contributed by atoms with van der Waals surface area (Å²) in [6, 6.07) is 83.2. The first-order valence-corrected chi connectivity index (χ1v) is 24.9. The van der Waals surface area contributed by atoms with Gasteiger partial charge >= 0.3 is 0 Å². The summed E-state index contributed by atoms with van der Waals surface area (Å²) in [5, 5.41) is 15.9. The van der Waals surface area contributed by atoms with E-state index in [0.29, 0.717) is 0 Å². The zero-order valence-electron chi connectivity index (χ0n) is 39.1. The van der Waals surface area contributed by atoms with Gasteiger partial charge in [-0.1, -0.05) is 121 Å².